The number of carbonyl (C=O) groups excluding carboxylic acids is 2. The van der Waals surface area contributed by atoms with Crippen LogP contribution in [0.15, 0.2) is 40.9 Å². The summed E-state index contributed by atoms with van der Waals surface area (Å²) < 4.78 is 16.3. The largest absolute Gasteiger partial charge is 0.487 e. The lowest BCUT2D eigenvalue weighted by Crippen LogP contribution is -2.35. The van der Waals surface area contributed by atoms with Crippen LogP contribution in [0.4, 0.5) is 0 Å². The summed E-state index contributed by atoms with van der Waals surface area (Å²) in [5, 5.41) is 6.85. The third kappa shape index (κ3) is 4.23. The number of hydrogen-bond donors (Lipinski definition) is 1. The Labute approximate surface area is 186 Å². The van der Waals surface area contributed by atoms with Gasteiger partial charge in [-0.05, 0) is 49.6 Å². The molecule has 1 unspecified atom stereocenters. The van der Waals surface area contributed by atoms with Gasteiger partial charge in [-0.1, -0.05) is 29.4 Å². The van der Waals surface area contributed by atoms with Gasteiger partial charge in [-0.2, -0.15) is 0 Å². The van der Waals surface area contributed by atoms with Crippen molar-refractivity contribution >= 4 is 11.9 Å². The van der Waals surface area contributed by atoms with Crippen LogP contribution in [0, 0.1) is 20.8 Å². The lowest BCUT2D eigenvalue weighted by atomic mass is 9.94. The Bertz CT molecular complexity index is 1160. The number of carbonyl (C=O) groups is 2. The van der Waals surface area contributed by atoms with Crippen molar-refractivity contribution in [3.63, 3.8) is 0 Å². The summed E-state index contributed by atoms with van der Waals surface area (Å²) in [5.74, 6) is 0.909. The fourth-order valence-electron chi connectivity index (χ4n) is 4.12. The first-order valence-electron chi connectivity index (χ1n) is 10.5. The molecule has 2 aromatic carbocycles. The van der Waals surface area contributed by atoms with E-state index in [0.717, 1.165) is 39.3 Å². The van der Waals surface area contributed by atoms with Gasteiger partial charge in [0.05, 0.1) is 31.3 Å². The molecule has 7 heteroatoms. The minimum absolute atomic E-state index is 0.105. The Kier molecular flexibility index (Phi) is 5.99. The molecular formula is C25H26N2O5. The quantitative estimate of drug-likeness (QED) is 0.595. The number of amides is 1. The molecule has 32 heavy (non-hydrogen) atoms. The molecule has 1 aliphatic rings. The van der Waals surface area contributed by atoms with Crippen molar-refractivity contribution in [1.29, 1.82) is 0 Å². The highest BCUT2D eigenvalue weighted by atomic mass is 16.5. The zero-order valence-electron chi connectivity index (χ0n) is 18.7. The van der Waals surface area contributed by atoms with Crippen LogP contribution in [0.5, 0.6) is 5.75 Å². The first-order chi connectivity index (χ1) is 15.4. The van der Waals surface area contributed by atoms with Crippen molar-refractivity contribution in [3.8, 4) is 16.9 Å². The van der Waals surface area contributed by atoms with Crippen LogP contribution >= 0.6 is 0 Å². The second-order valence-corrected chi connectivity index (χ2v) is 8.07. The van der Waals surface area contributed by atoms with Gasteiger partial charge < -0.3 is 19.3 Å². The van der Waals surface area contributed by atoms with Gasteiger partial charge >= 0.3 is 5.97 Å². The Balaban J connectivity index is 1.51. The van der Waals surface area contributed by atoms with E-state index in [1.165, 1.54) is 7.11 Å². The van der Waals surface area contributed by atoms with E-state index < -0.39 is 5.97 Å². The van der Waals surface area contributed by atoms with Gasteiger partial charge in [0.15, 0.2) is 0 Å². The Hall–Kier alpha value is -3.61. The van der Waals surface area contributed by atoms with E-state index in [2.05, 4.69) is 16.5 Å². The van der Waals surface area contributed by atoms with Crippen LogP contribution in [0.1, 0.15) is 38.5 Å². The molecule has 166 valence electrons. The molecule has 1 atom stereocenters. The SMILES string of the molecule is COC(=O)c1ccccc1-c1cc(C)cc2c1OC(CNC(=O)Cc1c(C)noc1C)C2. The molecule has 0 spiro atoms. The molecule has 0 radical (unpaired) electrons. The summed E-state index contributed by atoms with van der Waals surface area (Å²) >= 11 is 0. The van der Waals surface area contributed by atoms with Crippen LogP contribution in [0.2, 0.25) is 0 Å². The second-order valence-electron chi connectivity index (χ2n) is 8.07. The highest BCUT2D eigenvalue weighted by Crippen LogP contribution is 2.41. The molecule has 1 N–H and O–H groups in total. The molecule has 0 saturated heterocycles. The lowest BCUT2D eigenvalue weighted by molar-refractivity contribution is -0.120. The van der Waals surface area contributed by atoms with Gasteiger partial charge in [-0.3, -0.25) is 4.79 Å². The summed E-state index contributed by atoms with van der Waals surface area (Å²) in [6.07, 6.45) is 0.706. The molecule has 2 heterocycles. The maximum absolute atomic E-state index is 12.5. The normalized spacial score (nSPS) is 14.6. The number of methoxy groups -OCH3 is 1. The molecule has 7 nitrogen and oxygen atoms in total. The third-order valence-corrected chi connectivity index (χ3v) is 5.71. The van der Waals surface area contributed by atoms with E-state index in [1.54, 1.807) is 13.0 Å². The first kappa shape index (κ1) is 21.6. The molecule has 0 saturated carbocycles. The topological polar surface area (TPSA) is 90.7 Å². The highest BCUT2D eigenvalue weighted by Gasteiger charge is 2.28. The number of esters is 1. The number of hydrogen-bond acceptors (Lipinski definition) is 6. The number of nitrogens with one attached hydrogen (secondary N) is 1. The average molecular weight is 434 g/mol. The fraction of sp³-hybridized carbons (Fsp3) is 0.320. The van der Waals surface area contributed by atoms with E-state index in [4.69, 9.17) is 14.0 Å². The summed E-state index contributed by atoms with van der Waals surface area (Å²) in [4.78, 5) is 24.7. The number of aromatic nitrogens is 1. The minimum Gasteiger partial charge on any atom is -0.487 e. The molecule has 3 aromatic rings. The Morgan fingerprint density at radius 1 is 1.16 bits per heavy atom. The molecule has 4 rings (SSSR count). The molecule has 1 amide bonds. The standard InChI is InChI=1S/C25H26N2O5/c1-14-9-17-11-18(13-26-23(28)12-21-15(2)27-32-16(21)3)31-24(17)22(10-14)19-7-5-6-8-20(19)25(29)30-4/h5-10,18H,11-13H2,1-4H3,(H,26,28). The number of aryl methyl sites for hydroxylation is 3. The van der Waals surface area contributed by atoms with Crippen LogP contribution < -0.4 is 10.1 Å². The summed E-state index contributed by atoms with van der Waals surface area (Å²) in [6.45, 7) is 6.03. The number of ether oxygens (including phenoxy) is 2. The van der Waals surface area contributed by atoms with E-state index >= 15 is 0 Å². The summed E-state index contributed by atoms with van der Waals surface area (Å²) in [5.41, 5.74) is 5.78. The first-order valence-corrected chi connectivity index (χ1v) is 10.5. The molecular weight excluding hydrogens is 408 g/mol. The predicted octanol–water partition coefficient (Wildman–Crippen LogP) is 3.72. The van der Waals surface area contributed by atoms with E-state index in [9.17, 15) is 9.59 Å². The van der Waals surface area contributed by atoms with Gasteiger partial charge in [0, 0.05) is 17.5 Å². The minimum atomic E-state index is -0.392. The average Bonchev–Trinajstić information content (AvgIpc) is 3.34. The van der Waals surface area contributed by atoms with Crippen LogP contribution in [0.3, 0.4) is 0 Å². The van der Waals surface area contributed by atoms with E-state index in [1.807, 2.05) is 38.1 Å². The van der Waals surface area contributed by atoms with Gasteiger partial charge in [0.1, 0.15) is 17.6 Å². The number of benzene rings is 2. The molecule has 0 bridgehead atoms. The van der Waals surface area contributed by atoms with Crippen molar-refractivity contribution in [3.05, 3.63) is 70.1 Å². The molecule has 0 fully saturated rings. The lowest BCUT2D eigenvalue weighted by Gasteiger charge is -2.15. The monoisotopic (exact) mass is 434 g/mol. The van der Waals surface area contributed by atoms with Crippen molar-refractivity contribution < 1.29 is 23.6 Å². The van der Waals surface area contributed by atoms with Crippen molar-refractivity contribution in [2.24, 2.45) is 0 Å². The van der Waals surface area contributed by atoms with Gasteiger partial charge in [0.2, 0.25) is 5.91 Å². The van der Waals surface area contributed by atoms with Crippen LogP contribution in [0.25, 0.3) is 11.1 Å². The zero-order chi connectivity index (χ0) is 22.8. The summed E-state index contributed by atoms with van der Waals surface area (Å²) in [7, 11) is 1.37. The molecule has 1 aliphatic heterocycles. The Morgan fingerprint density at radius 2 is 1.94 bits per heavy atom. The smallest absolute Gasteiger partial charge is 0.338 e. The van der Waals surface area contributed by atoms with Crippen molar-refractivity contribution in [2.75, 3.05) is 13.7 Å². The van der Waals surface area contributed by atoms with Crippen LogP contribution in [-0.2, 0) is 22.4 Å². The fourth-order valence-corrected chi connectivity index (χ4v) is 4.12. The third-order valence-electron chi connectivity index (χ3n) is 5.71. The van der Waals surface area contributed by atoms with Crippen molar-refractivity contribution in [2.45, 2.75) is 39.7 Å². The summed E-state index contributed by atoms with van der Waals surface area (Å²) in [6, 6.07) is 11.4. The van der Waals surface area contributed by atoms with E-state index in [0.29, 0.717) is 24.3 Å². The van der Waals surface area contributed by atoms with Gasteiger partial charge in [-0.15, -0.1) is 0 Å². The predicted molar refractivity (Wildman–Crippen MR) is 119 cm³/mol. The Morgan fingerprint density at radius 3 is 2.66 bits per heavy atom. The maximum atomic E-state index is 12.5. The van der Waals surface area contributed by atoms with Gasteiger partial charge in [-0.25, -0.2) is 4.79 Å². The zero-order valence-corrected chi connectivity index (χ0v) is 18.7. The van der Waals surface area contributed by atoms with Crippen LogP contribution in [-0.4, -0.2) is 36.8 Å². The van der Waals surface area contributed by atoms with Crippen molar-refractivity contribution in [1.82, 2.24) is 10.5 Å². The second kappa shape index (κ2) is 8.86. The molecule has 0 aliphatic carbocycles. The maximum Gasteiger partial charge on any atom is 0.338 e. The number of rotatable bonds is 6. The van der Waals surface area contributed by atoms with Gasteiger partial charge in [0.25, 0.3) is 0 Å². The number of nitrogens with zero attached hydrogens (tertiary/aromatic N) is 1. The van der Waals surface area contributed by atoms with E-state index in [-0.39, 0.29) is 18.4 Å². The molecule has 1 aromatic heterocycles. The highest BCUT2D eigenvalue weighted by molar-refractivity contribution is 5.98. The number of fused-ring (bicyclic) bond motifs is 1.